The van der Waals surface area contributed by atoms with Crippen molar-refractivity contribution in [2.45, 2.75) is 135 Å². The standard InChI is InChI=1S/C13H17BN4O2.C12H24B2O4.C7H5BrN4.C2H4Cl2.C2H4O2.K/c1-12(2)13(3,4)20-14(19-12)10-5-6-11(16-7-10)18-9-15-8-17-18;1-9(2)10(3,4)16-13(15-9)14-17-11(5,6)12(7,8)18-14;8-6-1-2-7(10-3-6)12-5-9-4-11-12;2*1-2(3)4;/h5-9H,1-4H3;1-8H3;1-5H;2H,1H3;1H3,(H,3,4);/q;;;;;+1/p-1. The number of aliphatic carboxylic acids is 1. The number of nitrogens with zero attached hydrogens (tertiary/aromatic N) is 8. The van der Waals surface area contributed by atoms with Gasteiger partial charge in [0.15, 0.2) is 11.6 Å². The first kappa shape index (κ1) is 53.8. The molecule has 0 N–H and O–H groups in total. The van der Waals surface area contributed by atoms with E-state index < -0.39 is 27.1 Å². The maximum absolute atomic E-state index is 8.89. The molecule has 3 aliphatic heterocycles. The van der Waals surface area contributed by atoms with Gasteiger partial charge >= 0.3 is 72.5 Å². The maximum atomic E-state index is 8.89. The van der Waals surface area contributed by atoms with E-state index in [2.05, 4.69) is 46.1 Å². The summed E-state index contributed by atoms with van der Waals surface area (Å²) in [5.41, 5.74) is -1.23. The van der Waals surface area contributed by atoms with Gasteiger partial charge in [-0.05, 0) is 131 Å². The first-order valence-corrected chi connectivity index (χ1v) is 20.1. The first-order chi connectivity index (χ1) is 26.6. The van der Waals surface area contributed by atoms with Crippen LogP contribution in [0.5, 0.6) is 0 Å². The molecule has 0 bridgehead atoms. The monoisotopic (exact) mass is 946 g/mol. The number of carbonyl (C=O) groups excluding carboxylic acids is 1. The Balaban J connectivity index is 0.000000283. The van der Waals surface area contributed by atoms with Crippen LogP contribution < -0.4 is 62.0 Å². The molecule has 0 aromatic carbocycles. The van der Waals surface area contributed by atoms with Gasteiger partial charge in [0.1, 0.15) is 30.1 Å². The number of carbonyl (C=O) groups is 1. The molecule has 23 heteroatoms. The normalized spacial score (nSPS) is 19.7. The Labute approximate surface area is 409 Å². The van der Waals surface area contributed by atoms with Gasteiger partial charge in [-0.15, -0.1) is 23.2 Å². The molecule has 0 aliphatic carbocycles. The molecule has 7 rings (SSSR count). The molecule has 0 radical (unpaired) electrons. The summed E-state index contributed by atoms with van der Waals surface area (Å²) >= 11 is 13.4. The Bertz CT molecular complexity index is 1790. The molecule has 0 atom stereocenters. The molecule has 0 amide bonds. The third-order valence-corrected chi connectivity index (χ3v) is 10.5. The van der Waals surface area contributed by atoms with Gasteiger partial charge in [-0.25, -0.2) is 29.3 Å². The van der Waals surface area contributed by atoms with E-state index in [9.17, 15) is 0 Å². The maximum Gasteiger partial charge on any atom is 1.00 e. The summed E-state index contributed by atoms with van der Waals surface area (Å²) < 4.78 is 40.0. The van der Waals surface area contributed by atoms with Crippen molar-refractivity contribution in [1.82, 2.24) is 39.5 Å². The summed E-state index contributed by atoms with van der Waals surface area (Å²) in [7, 11) is -1.34. The average Bonchev–Trinajstić information content (AvgIpc) is 3.91. The van der Waals surface area contributed by atoms with Crippen molar-refractivity contribution < 1.29 is 89.2 Å². The van der Waals surface area contributed by atoms with E-state index in [0.29, 0.717) is 5.82 Å². The zero-order valence-corrected chi connectivity index (χ0v) is 42.8. The van der Waals surface area contributed by atoms with Crippen molar-refractivity contribution in [2.75, 3.05) is 0 Å². The quantitative estimate of drug-likeness (QED) is 0.215. The Morgan fingerprint density at radius 3 is 1.25 bits per heavy atom. The van der Waals surface area contributed by atoms with Gasteiger partial charge in [-0.2, -0.15) is 10.2 Å². The molecular weight excluding hydrogens is 895 g/mol. The molecule has 316 valence electrons. The molecule has 3 fully saturated rings. The third kappa shape index (κ3) is 15.2. The zero-order valence-electron chi connectivity index (χ0n) is 36.6. The van der Waals surface area contributed by atoms with Gasteiger partial charge in [0.2, 0.25) is 0 Å². The van der Waals surface area contributed by atoms with Gasteiger partial charge in [-0.3, -0.25) is 0 Å². The molecular formula is C36H53B3BrCl2KN8O8. The molecule has 4 aromatic rings. The van der Waals surface area contributed by atoms with Crippen LogP contribution in [0.2, 0.25) is 0 Å². The predicted molar refractivity (Wildman–Crippen MR) is 226 cm³/mol. The van der Waals surface area contributed by atoms with Crippen molar-refractivity contribution in [1.29, 1.82) is 0 Å². The fourth-order valence-corrected chi connectivity index (χ4v) is 5.04. The van der Waals surface area contributed by atoms with E-state index in [1.807, 2.05) is 107 Å². The number of halogens is 3. The van der Waals surface area contributed by atoms with E-state index >= 15 is 0 Å². The van der Waals surface area contributed by atoms with Crippen LogP contribution in [-0.2, 0) is 32.7 Å². The summed E-state index contributed by atoms with van der Waals surface area (Å²) in [4.78, 5) is 24.9. The van der Waals surface area contributed by atoms with E-state index in [-0.39, 0.29) is 89.8 Å². The summed E-state index contributed by atoms with van der Waals surface area (Å²) in [5, 5.41) is 16.9. The number of pyridine rings is 2. The van der Waals surface area contributed by atoms with Crippen molar-refractivity contribution in [3.63, 3.8) is 0 Å². The zero-order chi connectivity index (χ0) is 43.9. The van der Waals surface area contributed by atoms with Crippen molar-refractivity contribution in [2.24, 2.45) is 0 Å². The van der Waals surface area contributed by atoms with Crippen LogP contribution in [0, 0.1) is 0 Å². The fourth-order valence-electron chi connectivity index (χ4n) is 4.81. The first-order valence-electron chi connectivity index (χ1n) is 18.4. The third-order valence-electron chi connectivity index (χ3n) is 10.1. The molecule has 0 saturated carbocycles. The number of carboxylic acids is 1. The molecule has 3 saturated heterocycles. The predicted octanol–water partition coefficient (Wildman–Crippen LogP) is 2.21. The molecule has 0 unspecified atom stereocenters. The molecule has 16 nitrogen and oxygen atoms in total. The van der Waals surface area contributed by atoms with Crippen LogP contribution in [0.15, 0.2) is 66.4 Å². The van der Waals surface area contributed by atoms with E-state index in [0.717, 1.165) is 22.7 Å². The van der Waals surface area contributed by atoms with Crippen molar-refractivity contribution in [3.8, 4) is 11.6 Å². The second-order valence-corrected chi connectivity index (χ2v) is 18.8. The minimum atomic E-state index is -1.08. The van der Waals surface area contributed by atoms with Gasteiger partial charge in [0, 0.05) is 28.3 Å². The second-order valence-electron chi connectivity index (χ2n) is 16.3. The van der Waals surface area contributed by atoms with Gasteiger partial charge in [-0.1, -0.05) is 6.07 Å². The van der Waals surface area contributed by atoms with Gasteiger partial charge in [0.25, 0.3) is 0 Å². The Hall–Kier alpha value is -1.30. The number of carboxylic acid groups (broad SMARTS) is 1. The molecule has 3 aliphatic rings. The molecule has 59 heavy (non-hydrogen) atoms. The topological polar surface area (TPSA) is 183 Å². The second kappa shape index (κ2) is 21.9. The molecule has 4 aromatic heterocycles. The largest absolute Gasteiger partial charge is 1.00 e. The van der Waals surface area contributed by atoms with E-state index in [1.54, 1.807) is 41.3 Å². The summed E-state index contributed by atoms with van der Waals surface area (Å²) in [6, 6.07) is 7.57. The smallest absolute Gasteiger partial charge is 0.550 e. The number of hydrogen-bond donors (Lipinski definition) is 0. The molecule has 0 spiro atoms. The number of aromatic nitrogens is 8. The van der Waals surface area contributed by atoms with Gasteiger partial charge < -0.3 is 37.8 Å². The Morgan fingerprint density at radius 2 is 0.983 bits per heavy atom. The average molecular weight is 948 g/mol. The van der Waals surface area contributed by atoms with Crippen molar-refractivity contribution in [3.05, 3.63) is 66.4 Å². The SMILES string of the molecule is Brc1ccc(-n2cncn2)nc1.CC(=O)[O-].CC(Cl)Cl.CC1(C)OB(B2OC(C)(C)C(C)(C)O2)OC1(C)C.CC1(C)OB(c2ccc(-n3cncn3)nc2)OC1(C)C.[K+]. The number of rotatable bonds is 4. The Morgan fingerprint density at radius 1 is 0.661 bits per heavy atom. The van der Waals surface area contributed by atoms with Crippen molar-refractivity contribution >= 4 is 71.7 Å². The van der Waals surface area contributed by atoms with Crippen LogP contribution in [0.4, 0.5) is 0 Å². The van der Waals surface area contributed by atoms with Crippen LogP contribution in [-0.4, -0.2) is 105 Å². The number of hydrogen-bond acceptors (Lipinski definition) is 14. The molecule has 7 heterocycles. The summed E-state index contributed by atoms with van der Waals surface area (Å²) in [6.07, 6.45) is 9.64. The van der Waals surface area contributed by atoms with E-state index in [4.69, 9.17) is 61.0 Å². The van der Waals surface area contributed by atoms with Crippen LogP contribution in [0.3, 0.4) is 0 Å². The minimum absolute atomic E-state index is 0. The van der Waals surface area contributed by atoms with Crippen LogP contribution in [0.1, 0.15) is 96.9 Å². The number of alkyl halides is 2. The Kier molecular flexibility index (Phi) is 20.0. The fraction of sp³-hybridized carbons (Fsp3) is 0.583. The van der Waals surface area contributed by atoms with E-state index in [1.165, 1.54) is 12.7 Å². The minimum Gasteiger partial charge on any atom is -0.550 e. The van der Waals surface area contributed by atoms with Crippen LogP contribution in [0.25, 0.3) is 11.6 Å². The van der Waals surface area contributed by atoms with Crippen LogP contribution >= 0.6 is 39.1 Å². The van der Waals surface area contributed by atoms with Gasteiger partial charge in [0.05, 0.1) is 33.6 Å². The summed E-state index contributed by atoms with van der Waals surface area (Å²) in [6.45, 7) is 27.0. The summed E-state index contributed by atoms with van der Waals surface area (Å²) in [5.74, 6) is 0.387.